The maximum Gasteiger partial charge on any atom is 0.407 e. The van der Waals surface area contributed by atoms with E-state index in [1.807, 2.05) is 44.2 Å². The molecule has 4 aromatic rings. The van der Waals surface area contributed by atoms with Gasteiger partial charge in [-0.2, -0.15) is 10.4 Å². The molecule has 3 N–H and O–H groups in total. The summed E-state index contributed by atoms with van der Waals surface area (Å²) in [5.74, 6) is -2.14. The highest BCUT2D eigenvalue weighted by Crippen LogP contribution is 2.31. The van der Waals surface area contributed by atoms with Gasteiger partial charge >= 0.3 is 6.09 Å². The summed E-state index contributed by atoms with van der Waals surface area (Å²) < 4.78 is 50.8. The molecule has 10 nitrogen and oxygen atoms in total. The maximum absolute atomic E-state index is 15.3. The molecule has 0 bridgehead atoms. The number of amides is 1. The van der Waals surface area contributed by atoms with E-state index in [0.29, 0.717) is 11.8 Å². The molecule has 0 aliphatic heterocycles. The first-order valence-corrected chi connectivity index (χ1v) is 13.4. The molecule has 0 fully saturated rings. The number of halogens is 3. The van der Waals surface area contributed by atoms with E-state index >= 15 is 4.39 Å². The van der Waals surface area contributed by atoms with Gasteiger partial charge in [0.25, 0.3) is 0 Å². The van der Waals surface area contributed by atoms with Crippen LogP contribution in [0.2, 0.25) is 0 Å². The summed E-state index contributed by atoms with van der Waals surface area (Å²) in [6, 6.07) is 9.32. The number of carbonyl (C=O) groups excluding carboxylic acids is 1. The van der Waals surface area contributed by atoms with Crippen LogP contribution in [0, 0.1) is 28.8 Å². The lowest BCUT2D eigenvalue weighted by molar-refractivity contribution is 0.0503. The molecule has 0 radical (unpaired) electrons. The second kappa shape index (κ2) is 12.1. The molecule has 0 unspecified atom stereocenters. The van der Waals surface area contributed by atoms with E-state index < -0.39 is 41.2 Å². The molecule has 0 spiro atoms. The Labute approximate surface area is 247 Å². The summed E-state index contributed by atoms with van der Waals surface area (Å²) in [6.07, 6.45) is -0.776. The Morgan fingerprint density at radius 2 is 1.74 bits per heavy atom. The van der Waals surface area contributed by atoms with Crippen molar-refractivity contribution in [3.63, 3.8) is 0 Å². The van der Waals surface area contributed by atoms with Gasteiger partial charge in [-0.3, -0.25) is 4.68 Å². The Balaban J connectivity index is 1.72. The smallest absolute Gasteiger partial charge is 0.407 e. The minimum atomic E-state index is -1.06. The third kappa shape index (κ3) is 7.27. The van der Waals surface area contributed by atoms with E-state index in [9.17, 15) is 18.8 Å². The molecule has 1 amide bonds. The fourth-order valence-electron chi connectivity index (χ4n) is 4.54. The van der Waals surface area contributed by atoms with Crippen LogP contribution in [-0.4, -0.2) is 46.6 Å². The molecule has 2 heterocycles. The van der Waals surface area contributed by atoms with E-state index in [2.05, 4.69) is 26.0 Å². The third-order valence-corrected chi connectivity index (χ3v) is 6.39. The van der Waals surface area contributed by atoms with Crippen molar-refractivity contribution in [1.29, 1.82) is 5.26 Å². The number of hydrogen-bond acceptors (Lipinski definition) is 8. The topological polar surface area (TPSA) is 120 Å². The predicted molar refractivity (Wildman–Crippen MR) is 159 cm³/mol. The van der Waals surface area contributed by atoms with Gasteiger partial charge in [-0.15, -0.1) is 0 Å². The van der Waals surface area contributed by atoms with Crippen molar-refractivity contribution in [2.75, 3.05) is 29.6 Å². The van der Waals surface area contributed by atoms with Crippen LogP contribution in [0.5, 0.6) is 0 Å². The third-order valence-electron chi connectivity index (χ3n) is 6.39. The Morgan fingerprint density at radius 3 is 2.35 bits per heavy atom. The maximum atomic E-state index is 15.3. The van der Waals surface area contributed by atoms with Gasteiger partial charge in [0, 0.05) is 38.3 Å². The van der Waals surface area contributed by atoms with Crippen LogP contribution in [0.1, 0.15) is 44.9 Å². The standard InChI is InChI=1S/C30H33F3N8O2/c1-16(35-29(42)43-30(2,3)4)25(17-10-19(31)13-20(32)11-17)37-27-23(33)12-18(15-34)26(38-27)36-21-8-9-24-22(14-21)28(40(5)6)39-41(24)7/h8-14,16,25H,1-7H3,(H,35,42)(H2,36,37,38)/t16-,25-/m0/s1. The molecule has 0 aliphatic rings. The van der Waals surface area contributed by atoms with E-state index in [1.54, 1.807) is 38.4 Å². The Hall–Kier alpha value is -4.99. The lowest BCUT2D eigenvalue weighted by Gasteiger charge is -2.29. The monoisotopic (exact) mass is 594 g/mol. The number of benzene rings is 2. The van der Waals surface area contributed by atoms with E-state index in [1.165, 1.54) is 0 Å². The van der Waals surface area contributed by atoms with Gasteiger partial charge in [0.15, 0.2) is 23.3 Å². The molecule has 2 aromatic heterocycles. The van der Waals surface area contributed by atoms with Gasteiger partial charge in [0.05, 0.1) is 23.2 Å². The van der Waals surface area contributed by atoms with E-state index in [4.69, 9.17) is 4.74 Å². The summed E-state index contributed by atoms with van der Waals surface area (Å²) >= 11 is 0. The van der Waals surface area contributed by atoms with Gasteiger partial charge in [-0.1, -0.05) is 0 Å². The Morgan fingerprint density at radius 1 is 1.07 bits per heavy atom. The van der Waals surface area contributed by atoms with Crippen LogP contribution >= 0.6 is 0 Å². The molecule has 2 atom stereocenters. The van der Waals surface area contributed by atoms with Gasteiger partial charge in [0.1, 0.15) is 23.3 Å². The zero-order valence-corrected chi connectivity index (χ0v) is 24.9. The predicted octanol–water partition coefficient (Wildman–Crippen LogP) is 6.13. The van der Waals surface area contributed by atoms with Crippen molar-refractivity contribution in [1.82, 2.24) is 20.1 Å². The first-order valence-electron chi connectivity index (χ1n) is 13.4. The van der Waals surface area contributed by atoms with Crippen LogP contribution in [0.25, 0.3) is 10.9 Å². The SMILES string of the molecule is C[C@H](NC(=O)OC(C)(C)C)[C@H](Nc1nc(Nc2ccc3c(c2)c(N(C)C)nn3C)c(C#N)cc1F)c1cc(F)cc(F)c1. The molecule has 43 heavy (non-hydrogen) atoms. The number of ether oxygens (including phenoxy) is 1. The molecule has 2 aromatic carbocycles. The van der Waals surface area contributed by atoms with Crippen LogP contribution < -0.4 is 20.9 Å². The molecular weight excluding hydrogens is 561 g/mol. The number of alkyl carbamates (subject to hydrolysis) is 1. The number of aromatic nitrogens is 3. The fourth-order valence-corrected chi connectivity index (χ4v) is 4.54. The number of nitrogens with one attached hydrogen (secondary N) is 3. The molecule has 226 valence electrons. The van der Waals surface area contributed by atoms with Gasteiger partial charge in [-0.05, 0) is 69.7 Å². The highest BCUT2D eigenvalue weighted by molar-refractivity contribution is 5.93. The molecule has 0 aliphatic carbocycles. The zero-order chi connectivity index (χ0) is 31.6. The largest absolute Gasteiger partial charge is 0.444 e. The number of pyridine rings is 1. The number of fused-ring (bicyclic) bond motifs is 1. The van der Waals surface area contributed by atoms with Crippen molar-refractivity contribution >= 4 is 40.1 Å². The first kappa shape index (κ1) is 31.0. The van der Waals surface area contributed by atoms with Crippen LogP contribution in [0.4, 0.5) is 41.1 Å². The van der Waals surface area contributed by atoms with Gasteiger partial charge in [-0.25, -0.2) is 22.9 Å². The number of nitriles is 1. The summed E-state index contributed by atoms with van der Waals surface area (Å²) in [7, 11) is 5.57. The lowest BCUT2D eigenvalue weighted by atomic mass is 10.00. The normalized spacial score (nSPS) is 12.8. The molecular formula is C30H33F3N8O2. The fraction of sp³-hybridized carbons (Fsp3) is 0.333. The second-order valence-corrected chi connectivity index (χ2v) is 11.3. The van der Waals surface area contributed by atoms with E-state index in [-0.39, 0.29) is 22.8 Å². The van der Waals surface area contributed by atoms with E-state index in [0.717, 1.165) is 34.9 Å². The minimum absolute atomic E-state index is 0.0398. The van der Waals surface area contributed by atoms with Crippen LogP contribution in [0.3, 0.4) is 0 Å². The number of rotatable bonds is 8. The highest BCUT2D eigenvalue weighted by atomic mass is 19.1. The van der Waals surface area contributed by atoms with Crippen molar-refractivity contribution < 1.29 is 22.7 Å². The summed E-state index contributed by atoms with van der Waals surface area (Å²) in [4.78, 5) is 18.7. The molecule has 4 rings (SSSR count). The van der Waals surface area contributed by atoms with Crippen molar-refractivity contribution in [2.45, 2.75) is 45.4 Å². The number of hydrogen-bond donors (Lipinski definition) is 3. The number of carbonyl (C=O) groups is 1. The lowest BCUT2D eigenvalue weighted by Crippen LogP contribution is -2.42. The summed E-state index contributed by atoms with van der Waals surface area (Å²) in [5, 5.41) is 23.6. The zero-order valence-electron chi connectivity index (χ0n) is 24.9. The van der Waals surface area contributed by atoms with Crippen molar-refractivity contribution in [2.24, 2.45) is 7.05 Å². The van der Waals surface area contributed by atoms with Crippen LogP contribution in [-0.2, 0) is 11.8 Å². The average Bonchev–Trinajstić information content (AvgIpc) is 3.22. The number of anilines is 4. The summed E-state index contributed by atoms with van der Waals surface area (Å²) in [6.45, 7) is 6.63. The molecule has 0 saturated heterocycles. The quantitative estimate of drug-likeness (QED) is 0.223. The van der Waals surface area contributed by atoms with Gasteiger partial charge < -0.3 is 25.6 Å². The molecule has 13 heteroatoms. The summed E-state index contributed by atoms with van der Waals surface area (Å²) in [5.41, 5.74) is 0.648. The van der Waals surface area contributed by atoms with Gasteiger partial charge in [0.2, 0.25) is 0 Å². The van der Waals surface area contributed by atoms with Crippen molar-refractivity contribution in [3.8, 4) is 6.07 Å². The Bertz CT molecular complexity index is 1690. The average molecular weight is 595 g/mol. The number of nitrogens with zero attached hydrogens (tertiary/aromatic N) is 5. The molecule has 0 saturated carbocycles. The second-order valence-electron chi connectivity index (χ2n) is 11.3. The first-order chi connectivity index (χ1) is 20.1. The Kier molecular flexibility index (Phi) is 8.70. The highest BCUT2D eigenvalue weighted by Gasteiger charge is 2.27. The minimum Gasteiger partial charge on any atom is -0.444 e. The number of aryl methyl sites for hydroxylation is 1. The van der Waals surface area contributed by atoms with Crippen molar-refractivity contribution in [3.05, 3.63) is 71.0 Å². The van der Waals surface area contributed by atoms with Crippen LogP contribution in [0.15, 0.2) is 42.5 Å².